The van der Waals surface area contributed by atoms with Gasteiger partial charge in [-0.2, -0.15) is 0 Å². The van der Waals surface area contributed by atoms with Crippen LogP contribution in [0.5, 0.6) is 5.75 Å². The van der Waals surface area contributed by atoms with Gasteiger partial charge < -0.3 is 15.2 Å². The summed E-state index contributed by atoms with van der Waals surface area (Å²) in [4.78, 5) is 2.45. The zero-order valence-electron chi connectivity index (χ0n) is 11.6. The van der Waals surface area contributed by atoms with Gasteiger partial charge in [-0.15, -0.1) is 0 Å². The molecule has 0 radical (unpaired) electrons. The molecule has 1 aliphatic rings. The minimum atomic E-state index is 0.322. The molecular formula is C15H24N2O2. The summed E-state index contributed by atoms with van der Waals surface area (Å²) in [7, 11) is 0. The van der Waals surface area contributed by atoms with Gasteiger partial charge in [-0.1, -0.05) is 12.1 Å². The summed E-state index contributed by atoms with van der Waals surface area (Å²) in [5.41, 5.74) is 1.21. The Morgan fingerprint density at radius 2 is 1.95 bits per heavy atom. The zero-order valence-corrected chi connectivity index (χ0v) is 11.6. The largest absolute Gasteiger partial charge is 0.508 e. The molecule has 1 saturated heterocycles. The molecule has 0 bridgehead atoms. The van der Waals surface area contributed by atoms with E-state index in [1.165, 1.54) is 5.56 Å². The van der Waals surface area contributed by atoms with Gasteiger partial charge in [-0.25, -0.2) is 0 Å². The van der Waals surface area contributed by atoms with Crippen molar-refractivity contribution in [1.29, 1.82) is 0 Å². The van der Waals surface area contributed by atoms with E-state index in [4.69, 9.17) is 4.74 Å². The van der Waals surface area contributed by atoms with Gasteiger partial charge in [0.05, 0.1) is 13.2 Å². The number of rotatable bonds is 6. The second-order valence-electron chi connectivity index (χ2n) is 5.07. The topological polar surface area (TPSA) is 44.7 Å². The van der Waals surface area contributed by atoms with E-state index < -0.39 is 0 Å². The van der Waals surface area contributed by atoms with E-state index in [1.54, 1.807) is 12.1 Å². The highest BCUT2D eigenvalue weighted by molar-refractivity contribution is 5.27. The first-order valence-electron chi connectivity index (χ1n) is 7.08. The van der Waals surface area contributed by atoms with Crippen molar-refractivity contribution < 1.29 is 9.84 Å². The minimum Gasteiger partial charge on any atom is -0.508 e. The molecule has 1 heterocycles. The van der Waals surface area contributed by atoms with Crippen LogP contribution in [0.4, 0.5) is 0 Å². The Kier molecular flexibility index (Phi) is 5.63. The molecule has 1 aromatic carbocycles. The summed E-state index contributed by atoms with van der Waals surface area (Å²) in [6, 6.07) is 7.73. The lowest BCUT2D eigenvalue weighted by atomic mass is 10.1. The summed E-state index contributed by atoms with van der Waals surface area (Å²) >= 11 is 0. The lowest BCUT2D eigenvalue weighted by Gasteiger charge is -2.26. The fourth-order valence-electron chi connectivity index (χ4n) is 2.33. The van der Waals surface area contributed by atoms with Gasteiger partial charge in [-0.05, 0) is 44.1 Å². The number of morpholine rings is 1. The second-order valence-corrected chi connectivity index (χ2v) is 5.07. The van der Waals surface area contributed by atoms with Crippen LogP contribution in [0, 0.1) is 0 Å². The van der Waals surface area contributed by atoms with Gasteiger partial charge >= 0.3 is 0 Å². The van der Waals surface area contributed by atoms with Crippen molar-refractivity contribution in [2.45, 2.75) is 19.4 Å². The van der Waals surface area contributed by atoms with E-state index >= 15 is 0 Å². The Bertz CT molecular complexity index is 361. The van der Waals surface area contributed by atoms with Crippen LogP contribution in [0.3, 0.4) is 0 Å². The summed E-state index contributed by atoms with van der Waals surface area (Å²) in [6.45, 7) is 8.18. The molecule has 4 heteroatoms. The number of aromatic hydroxyl groups is 1. The number of nitrogens with one attached hydrogen (secondary N) is 1. The first-order chi connectivity index (χ1) is 9.25. The first-order valence-corrected chi connectivity index (χ1v) is 7.08. The molecule has 0 aliphatic carbocycles. The Morgan fingerprint density at radius 3 is 2.63 bits per heavy atom. The maximum atomic E-state index is 9.26. The average molecular weight is 264 g/mol. The maximum absolute atomic E-state index is 9.26. The molecule has 0 aromatic heterocycles. The zero-order chi connectivity index (χ0) is 13.5. The van der Waals surface area contributed by atoms with E-state index in [1.807, 2.05) is 12.1 Å². The molecular weight excluding hydrogens is 240 g/mol. The van der Waals surface area contributed by atoms with Crippen LogP contribution in [0.15, 0.2) is 24.3 Å². The summed E-state index contributed by atoms with van der Waals surface area (Å²) in [5.74, 6) is 0.322. The quantitative estimate of drug-likeness (QED) is 0.769. The number of nitrogens with zero attached hydrogens (tertiary/aromatic N) is 1. The lowest BCUT2D eigenvalue weighted by molar-refractivity contribution is 0.0374. The smallest absolute Gasteiger partial charge is 0.115 e. The molecule has 1 aromatic rings. The summed E-state index contributed by atoms with van der Waals surface area (Å²) in [6.07, 6.45) is 1.16. The van der Waals surface area contributed by atoms with Gasteiger partial charge in [0.1, 0.15) is 5.75 Å². The summed E-state index contributed by atoms with van der Waals surface area (Å²) in [5, 5.41) is 12.8. The predicted molar refractivity (Wildman–Crippen MR) is 76.4 cm³/mol. The fraction of sp³-hybridized carbons (Fsp3) is 0.600. The lowest BCUT2D eigenvalue weighted by Crippen LogP contribution is -2.37. The van der Waals surface area contributed by atoms with Gasteiger partial charge in [0, 0.05) is 19.1 Å². The number of phenols is 1. The second kappa shape index (κ2) is 7.48. The maximum Gasteiger partial charge on any atom is 0.115 e. The van der Waals surface area contributed by atoms with Gasteiger partial charge in [0.25, 0.3) is 0 Å². The minimum absolute atomic E-state index is 0.322. The third-order valence-corrected chi connectivity index (χ3v) is 3.60. The molecule has 0 saturated carbocycles. The number of ether oxygens (including phenoxy) is 1. The molecule has 1 fully saturated rings. The van der Waals surface area contributed by atoms with Gasteiger partial charge in [-0.3, -0.25) is 4.90 Å². The van der Waals surface area contributed by atoms with Crippen molar-refractivity contribution in [2.24, 2.45) is 0 Å². The SMILES string of the molecule is CC(NCCCN1CCOCC1)c1ccc(O)cc1. The van der Waals surface area contributed by atoms with Crippen molar-refractivity contribution >= 4 is 0 Å². The standard InChI is InChI=1S/C15H24N2O2/c1-13(14-3-5-15(18)6-4-14)16-7-2-8-17-9-11-19-12-10-17/h3-6,13,16,18H,2,7-12H2,1H3. The van der Waals surface area contributed by atoms with Crippen LogP contribution in [-0.4, -0.2) is 49.4 Å². The molecule has 0 spiro atoms. The van der Waals surface area contributed by atoms with Crippen molar-refractivity contribution in [2.75, 3.05) is 39.4 Å². The number of hydrogen-bond donors (Lipinski definition) is 2. The van der Waals surface area contributed by atoms with Crippen LogP contribution in [-0.2, 0) is 4.74 Å². The monoisotopic (exact) mass is 264 g/mol. The van der Waals surface area contributed by atoms with E-state index in [2.05, 4.69) is 17.1 Å². The molecule has 1 atom stereocenters. The van der Waals surface area contributed by atoms with Crippen LogP contribution >= 0.6 is 0 Å². The van der Waals surface area contributed by atoms with E-state index in [-0.39, 0.29) is 0 Å². The van der Waals surface area contributed by atoms with Gasteiger partial charge in [0.15, 0.2) is 0 Å². The van der Waals surface area contributed by atoms with Crippen molar-refractivity contribution in [3.05, 3.63) is 29.8 Å². The number of hydrogen-bond acceptors (Lipinski definition) is 4. The van der Waals surface area contributed by atoms with Crippen LogP contribution in [0.2, 0.25) is 0 Å². The van der Waals surface area contributed by atoms with Crippen LogP contribution in [0.1, 0.15) is 24.9 Å². The molecule has 2 rings (SSSR count). The molecule has 106 valence electrons. The van der Waals surface area contributed by atoms with E-state index in [9.17, 15) is 5.11 Å². The molecule has 4 nitrogen and oxygen atoms in total. The highest BCUT2D eigenvalue weighted by Gasteiger charge is 2.09. The van der Waals surface area contributed by atoms with Gasteiger partial charge in [0.2, 0.25) is 0 Å². The highest BCUT2D eigenvalue weighted by atomic mass is 16.5. The van der Waals surface area contributed by atoms with Crippen LogP contribution in [0.25, 0.3) is 0 Å². The third kappa shape index (κ3) is 4.82. The summed E-state index contributed by atoms with van der Waals surface area (Å²) < 4.78 is 5.33. The Hall–Kier alpha value is -1.10. The number of benzene rings is 1. The van der Waals surface area contributed by atoms with Crippen molar-refractivity contribution in [3.63, 3.8) is 0 Å². The normalized spacial score (nSPS) is 18.4. The fourth-order valence-corrected chi connectivity index (χ4v) is 2.33. The Balaban J connectivity index is 1.63. The highest BCUT2D eigenvalue weighted by Crippen LogP contribution is 2.16. The van der Waals surface area contributed by atoms with Crippen LogP contribution < -0.4 is 5.32 Å². The Labute approximate surface area is 115 Å². The Morgan fingerprint density at radius 1 is 1.26 bits per heavy atom. The third-order valence-electron chi connectivity index (χ3n) is 3.60. The molecule has 2 N–H and O–H groups in total. The van der Waals surface area contributed by atoms with Crippen molar-refractivity contribution in [1.82, 2.24) is 10.2 Å². The first kappa shape index (κ1) is 14.3. The molecule has 0 amide bonds. The molecule has 1 unspecified atom stereocenters. The predicted octanol–water partition coefficient (Wildman–Crippen LogP) is 1.77. The number of phenolic OH excluding ortho intramolecular Hbond substituents is 1. The van der Waals surface area contributed by atoms with E-state index in [0.717, 1.165) is 45.8 Å². The van der Waals surface area contributed by atoms with E-state index in [0.29, 0.717) is 11.8 Å². The molecule has 19 heavy (non-hydrogen) atoms. The molecule has 1 aliphatic heterocycles. The average Bonchev–Trinajstić information content (AvgIpc) is 2.45. The van der Waals surface area contributed by atoms with Crippen molar-refractivity contribution in [3.8, 4) is 5.75 Å².